The van der Waals surface area contributed by atoms with Crippen LogP contribution in [0.4, 0.5) is 0 Å². The zero-order chi connectivity index (χ0) is 17.4. The molecule has 5 nitrogen and oxygen atoms in total. The van der Waals surface area contributed by atoms with E-state index < -0.39 is 0 Å². The van der Waals surface area contributed by atoms with Gasteiger partial charge in [-0.2, -0.15) is 0 Å². The molecule has 0 aromatic heterocycles. The third-order valence-corrected chi connectivity index (χ3v) is 4.20. The molecule has 2 aromatic carbocycles. The Morgan fingerprint density at radius 1 is 0.958 bits per heavy atom. The minimum absolute atomic E-state index is 0.0571. The number of carbonyl (C=O) groups excluding carboxylic acids is 2. The molecule has 2 aromatic rings. The third kappa shape index (κ3) is 5.38. The van der Waals surface area contributed by atoms with E-state index in [0.717, 1.165) is 21.3 Å². The monoisotopic (exact) mass is 390 g/mol. The van der Waals surface area contributed by atoms with Crippen molar-refractivity contribution in [2.75, 3.05) is 13.7 Å². The van der Waals surface area contributed by atoms with Crippen molar-refractivity contribution in [1.82, 2.24) is 10.6 Å². The number of ether oxygens (including phenoxy) is 1. The molecule has 6 heteroatoms. The van der Waals surface area contributed by atoms with Crippen LogP contribution in [0.1, 0.15) is 11.1 Å². The lowest BCUT2D eigenvalue weighted by molar-refractivity contribution is -0.125. The fraction of sp³-hybridized carbons (Fsp3) is 0.222. The summed E-state index contributed by atoms with van der Waals surface area (Å²) in [6, 6.07) is 15.0. The summed E-state index contributed by atoms with van der Waals surface area (Å²) in [5, 5.41) is 5.38. The van der Waals surface area contributed by atoms with E-state index in [2.05, 4.69) is 26.6 Å². The van der Waals surface area contributed by atoms with Gasteiger partial charge in [0.1, 0.15) is 5.75 Å². The highest BCUT2D eigenvalue weighted by atomic mass is 79.9. The third-order valence-electron chi connectivity index (χ3n) is 3.42. The van der Waals surface area contributed by atoms with E-state index in [4.69, 9.17) is 4.74 Å². The van der Waals surface area contributed by atoms with Gasteiger partial charge in [0.05, 0.1) is 20.1 Å². The fourth-order valence-corrected chi connectivity index (χ4v) is 2.59. The molecule has 0 radical (unpaired) electrons. The molecule has 0 atom stereocenters. The summed E-state index contributed by atoms with van der Waals surface area (Å²) >= 11 is 3.40. The zero-order valence-corrected chi connectivity index (χ0v) is 14.9. The van der Waals surface area contributed by atoms with Crippen molar-refractivity contribution in [3.8, 4) is 5.75 Å². The molecule has 2 rings (SSSR count). The smallest absolute Gasteiger partial charge is 0.239 e. The Hall–Kier alpha value is -2.34. The first-order chi connectivity index (χ1) is 11.6. The number of rotatable bonds is 7. The highest BCUT2D eigenvalue weighted by Gasteiger charge is 2.09. The van der Waals surface area contributed by atoms with Crippen LogP contribution < -0.4 is 15.4 Å². The first-order valence-electron chi connectivity index (χ1n) is 7.49. The molecule has 0 bridgehead atoms. The molecule has 2 amide bonds. The Bertz CT molecular complexity index is 719. The predicted octanol–water partition coefficient (Wildman–Crippen LogP) is 2.43. The standard InChI is InChI=1S/C18H19BrN2O3/c1-24-16-9-5-3-7-14(16)11-20-18(23)12-21-17(22)10-13-6-2-4-8-15(13)19/h2-9H,10-12H2,1H3,(H,20,23)(H,21,22). The fourth-order valence-electron chi connectivity index (χ4n) is 2.16. The Morgan fingerprint density at radius 3 is 2.33 bits per heavy atom. The van der Waals surface area contributed by atoms with E-state index >= 15 is 0 Å². The van der Waals surface area contributed by atoms with Gasteiger partial charge < -0.3 is 15.4 Å². The number of halogens is 1. The summed E-state index contributed by atoms with van der Waals surface area (Å²) < 4.78 is 6.10. The van der Waals surface area contributed by atoms with Crippen molar-refractivity contribution in [3.05, 3.63) is 64.1 Å². The molecule has 0 heterocycles. The van der Waals surface area contributed by atoms with E-state index in [0.29, 0.717) is 6.54 Å². The van der Waals surface area contributed by atoms with Crippen LogP contribution in [0.25, 0.3) is 0 Å². The molecular formula is C18H19BrN2O3. The molecule has 0 aliphatic carbocycles. The summed E-state index contributed by atoms with van der Waals surface area (Å²) in [5.74, 6) is 0.270. The maximum Gasteiger partial charge on any atom is 0.239 e. The van der Waals surface area contributed by atoms with Crippen molar-refractivity contribution in [1.29, 1.82) is 0 Å². The summed E-state index contributed by atoms with van der Waals surface area (Å²) in [5.41, 5.74) is 1.76. The Balaban J connectivity index is 1.77. The zero-order valence-electron chi connectivity index (χ0n) is 13.3. The number of amides is 2. The van der Waals surface area contributed by atoms with Gasteiger partial charge in [0, 0.05) is 16.6 Å². The van der Waals surface area contributed by atoms with Crippen molar-refractivity contribution in [2.24, 2.45) is 0 Å². The molecular weight excluding hydrogens is 372 g/mol. The SMILES string of the molecule is COc1ccccc1CNC(=O)CNC(=O)Cc1ccccc1Br. The normalized spacial score (nSPS) is 10.1. The topological polar surface area (TPSA) is 67.4 Å². The van der Waals surface area contributed by atoms with Crippen LogP contribution in [0.2, 0.25) is 0 Å². The number of carbonyl (C=O) groups is 2. The Morgan fingerprint density at radius 2 is 1.62 bits per heavy atom. The van der Waals surface area contributed by atoms with Crippen LogP contribution in [-0.4, -0.2) is 25.5 Å². The summed E-state index contributed by atoms with van der Waals surface area (Å²) in [7, 11) is 1.59. The van der Waals surface area contributed by atoms with E-state index in [1.807, 2.05) is 48.5 Å². The first-order valence-corrected chi connectivity index (χ1v) is 8.28. The molecule has 0 aliphatic rings. The number of hydrogen-bond acceptors (Lipinski definition) is 3. The molecule has 0 saturated carbocycles. The second-order valence-corrected chi connectivity index (χ2v) is 5.99. The van der Waals surface area contributed by atoms with Crippen molar-refractivity contribution in [2.45, 2.75) is 13.0 Å². The molecule has 126 valence electrons. The van der Waals surface area contributed by atoms with E-state index in [9.17, 15) is 9.59 Å². The highest BCUT2D eigenvalue weighted by molar-refractivity contribution is 9.10. The van der Waals surface area contributed by atoms with Gasteiger partial charge in [-0.3, -0.25) is 9.59 Å². The predicted molar refractivity (Wildman–Crippen MR) is 95.7 cm³/mol. The van der Waals surface area contributed by atoms with Crippen molar-refractivity contribution in [3.63, 3.8) is 0 Å². The summed E-state index contributed by atoms with van der Waals surface area (Å²) in [6.07, 6.45) is 0.223. The van der Waals surface area contributed by atoms with Gasteiger partial charge in [0.2, 0.25) is 11.8 Å². The second kappa shape index (κ2) is 9.08. The molecule has 0 saturated heterocycles. The van der Waals surface area contributed by atoms with Gasteiger partial charge in [0.25, 0.3) is 0 Å². The minimum Gasteiger partial charge on any atom is -0.496 e. The molecule has 2 N–H and O–H groups in total. The Labute approximate surface area is 149 Å². The maximum atomic E-state index is 11.9. The van der Waals surface area contributed by atoms with Gasteiger partial charge >= 0.3 is 0 Å². The van der Waals surface area contributed by atoms with Gasteiger partial charge in [-0.25, -0.2) is 0 Å². The number of benzene rings is 2. The minimum atomic E-state index is -0.249. The second-order valence-electron chi connectivity index (χ2n) is 5.13. The molecule has 0 unspecified atom stereocenters. The van der Waals surface area contributed by atoms with Crippen molar-refractivity contribution >= 4 is 27.7 Å². The number of methoxy groups -OCH3 is 1. The molecule has 24 heavy (non-hydrogen) atoms. The average Bonchev–Trinajstić information content (AvgIpc) is 2.60. The van der Waals surface area contributed by atoms with Gasteiger partial charge in [-0.1, -0.05) is 52.3 Å². The number of nitrogens with one attached hydrogen (secondary N) is 2. The number of hydrogen-bond donors (Lipinski definition) is 2. The van der Waals surface area contributed by atoms with E-state index in [1.165, 1.54) is 0 Å². The van der Waals surface area contributed by atoms with Crippen molar-refractivity contribution < 1.29 is 14.3 Å². The summed E-state index contributed by atoms with van der Waals surface area (Å²) in [4.78, 5) is 23.8. The van der Waals surface area contributed by atoms with E-state index in [1.54, 1.807) is 7.11 Å². The molecule has 0 aliphatic heterocycles. The lowest BCUT2D eigenvalue weighted by Gasteiger charge is -2.10. The van der Waals surface area contributed by atoms with Crippen LogP contribution in [-0.2, 0) is 22.6 Å². The Kier molecular flexibility index (Phi) is 6.81. The van der Waals surface area contributed by atoms with Crippen LogP contribution in [0.5, 0.6) is 5.75 Å². The lowest BCUT2D eigenvalue weighted by atomic mass is 10.1. The average molecular weight is 391 g/mol. The van der Waals surface area contributed by atoms with Gasteiger partial charge in [-0.05, 0) is 17.7 Å². The van der Waals surface area contributed by atoms with Crippen LogP contribution in [0.15, 0.2) is 53.0 Å². The maximum absolute atomic E-state index is 11.9. The van der Waals surface area contributed by atoms with Gasteiger partial charge in [0.15, 0.2) is 0 Å². The molecule has 0 spiro atoms. The van der Waals surface area contributed by atoms with Gasteiger partial charge in [-0.15, -0.1) is 0 Å². The lowest BCUT2D eigenvalue weighted by Crippen LogP contribution is -2.37. The first kappa shape index (κ1) is 18.0. The number of para-hydroxylation sites is 1. The summed E-state index contributed by atoms with van der Waals surface area (Å²) in [6.45, 7) is 0.293. The van der Waals surface area contributed by atoms with Crippen LogP contribution >= 0.6 is 15.9 Å². The quantitative estimate of drug-likeness (QED) is 0.762. The van der Waals surface area contributed by atoms with E-state index in [-0.39, 0.29) is 24.8 Å². The highest BCUT2D eigenvalue weighted by Crippen LogP contribution is 2.17. The van der Waals surface area contributed by atoms with Crippen LogP contribution in [0.3, 0.4) is 0 Å². The van der Waals surface area contributed by atoms with Crippen LogP contribution in [0, 0.1) is 0 Å². The molecule has 0 fully saturated rings. The largest absolute Gasteiger partial charge is 0.496 e.